The number of carbonyl (C=O) groups excluding carboxylic acids is 1. The number of nitrogens with zero attached hydrogens (tertiary/aromatic N) is 1. The Bertz CT molecular complexity index is 1200. The summed E-state index contributed by atoms with van der Waals surface area (Å²) in [6.45, 7) is 0. The molecule has 10 nitrogen and oxygen atoms in total. The van der Waals surface area contributed by atoms with Crippen molar-refractivity contribution in [1.82, 2.24) is 0 Å². The van der Waals surface area contributed by atoms with Gasteiger partial charge in [-0.25, -0.2) is 4.79 Å². The van der Waals surface area contributed by atoms with E-state index in [2.05, 4.69) is 0 Å². The van der Waals surface area contributed by atoms with E-state index in [1.807, 2.05) is 0 Å². The molecule has 0 aliphatic rings. The largest absolute Gasteiger partial charge is 0.507 e. The van der Waals surface area contributed by atoms with Gasteiger partial charge in [-0.3, -0.25) is 19.7 Å². The molecule has 3 aromatic rings. The number of ether oxygens (including phenoxy) is 1. The molecule has 0 aliphatic carbocycles. The van der Waals surface area contributed by atoms with Crippen LogP contribution in [0.1, 0.15) is 23.7 Å². The van der Waals surface area contributed by atoms with Gasteiger partial charge in [0.2, 0.25) is 0 Å². The number of carboxylic acids is 1. The van der Waals surface area contributed by atoms with E-state index in [0.717, 1.165) is 12.1 Å². The summed E-state index contributed by atoms with van der Waals surface area (Å²) in [5, 5.41) is 30.4. The highest BCUT2D eigenvalue weighted by Gasteiger charge is 2.29. The van der Waals surface area contributed by atoms with Crippen molar-refractivity contribution in [2.45, 2.75) is 12.5 Å². The number of aliphatic carboxylic acids is 1. The Balaban J connectivity index is 2.12. The second-order valence-corrected chi connectivity index (χ2v) is 6.36. The molecule has 0 bridgehead atoms. The highest BCUT2D eigenvalue weighted by atomic mass is 16.6. The van der Waals surface area contributed by atoms with E-state index in [1.54, 1.807) is 30.3 Å². The van der Waals surface area contributed by atoms with E-state index in [1.165, 1.54) is 18.2 Å². The van der Waals surface area contributed by atoms with Gasteiger partial charge in [0, 0.05) is 29.3 Å². The molecule has 0 saturated carbocycles. The predicted octanol–water partition coefficient (Wildman–Crippen LogP) is 3.03. The summed E-state index contributed by atoms with van der Waals surface area (Å²) in [6, 6.07) is 14.4. The number of aromatic hydroxyl groups is 1. The second kappa shape index (κ2) is 8.91. The SMILES string of the molecule is O=C(O)CC(=O)OC(c1cccc([N+](=O)[O-])c1)c1c(O)cc(-c2ccccc2)oc1=O. The van der Waals surface area contributed by atoms with E-state index in [0.29, 0.717) is 5.56 Å². The lowest BCUT2D eigenvalue weighted by Gasteiger charge is -2.18. The van der Waals surface area contributed by atoms with Gasteiger partial charge in [-0.2, -0.15) is 0 Å². The van der Waals surface area contributed by atoms with Crippen molar-refractivity contribution in [1.29, 1.82) is 0 Å². The summed E-state index contributed by atoms with van der Waals surface area (Å²) in [7, 11) is 0. The molecule has 0 fully saturated rings. The highest BCUT2D eigenvalue weighted by Crippen LogP contribution is 2.34. The van der Waals surface area contributed by atoms with Crippen molar-refractivity contribution in [2.24, 2.45) is 0 Å². The molecule has 3 rings (SSSR count). The quantitative estimate of drug-likeness (QED) is 0.251. The van der Waals surface area contributed by atoms with E-state index in [9.17, 15) is 29.6 Å². The Labute approximate surface area is 174 Å². The predicted molar refractivity (Wildman–Crippen MR) is 105 cm³/mol. The Morgan fingerprint density at radius 2 is 1.81 bits per heavy atom. The molecule has 1 heterocycles. The average Bonchev–Trinajstić information content (AvgIpc) is 2.72. The fraction of sp³-hybridized carbons (Fsp3) is 0.0952. The van der Waals surface area contributed by atoms with Crippen LogP contribution < -0.4 is 5.63 Å². The van der Waals surface area contributed by atoms with E-state index in [-0.39, 0.29) is 17.0 Å². The Morgan fingerprint density at radius 1 is 1.10 bits per heavy atom. The molecule has 10 heteroatoms. The van der Waals surface area contributed by atoms with E-state index in [4.69, 9.17) is 14.3 Å². The molecule has 31 heavy (non-hydrogen) atoms. The molecular formula is C21H15NO9. The molecule has 0 radical (unpaired) electrons. The maximum absolute atomic E-state index is 12.7. The van der Waals surface area contributed by atoms with Gasteiger partial charge in [0.25, 0.3) is 5.69 Å². The van der Waals surface area contributed by atoms with Crippen LogP contribution >= 0.6 is 0 Å². The van der Waals surface area contributed by atoms with Gasteiger partial charge in [-0.05, 0) is 0 Å². The summed E-state index contributed by atoms with van der Waals surface area (Å²) < 4.78 is 10.4. The lowest BCUT2D eigenvalue weighted by atomic mass is 10.0. The van der Waals surface area contributed by atoms with Gasteiger partial charge in [-0.15, -0.1) is 0 Å². The number of hydrogen-bond acceptors (Lipinski definition) is 8. The number of non-ortho nitro benzene ring substituents is 1. The maximum atomic E-state index is 12.7. The third-order valence-corrected chi connectivity index (χ3v) is 4.22. The van der Waals surface area contributed by atoms with Crippen LogP contribution in [0, 0.1) is 10.1 Å². The van der Waals surface area contributed by atoms with Crippen molar-refractivity contribution >= 4 is 17.6 Å². The van der Waals surface area contributed by atoms with Crippen molar-refractivity contribution in [3.8, 4) is 17.1 Å². The number of nitro groups is 1. The number of esters is 1. The fourth-order valence-electron chi connectivity index (χ4n) is 2.87. The van der Waals surface area contributed by atoms with Gasteiger partial charge in [0.15, 0.2) is 6.10 Å². The Kier molecular flexibility index (Phi) is 6.10. The summed E-state index contributed by atoms with van der Waals surface area (Å²) in [5.74, 6) is -3.23. The maximum Gasteiger partial charge on any atom is 0.347 e. The summed E-state index contributed by atoms with van der Waals surface area (Å²) >= 11 is 0. The molecule has 1 aromatic heterocycles. The molecule has 0 aliphatic heterocycles. The van der Waals surface area contributed by atoms with Gasteiger partial charge in [0.1, 0.15) is 23.5 Å². The van der Waals surface area contributed by atoms with Crippen molar-refractivity contribution in [3.63, 3.8) is 0 Å². The van der Waals surface area contributed by atoms with Crippen molar-refractivity contribution < 1.29 is 33.9 Å². The van der Waals surface area contributed by atoms with Gasteiger partial charge in [0.05, 0.1) is 4.92 Å². The van der Waals surface area contributed by atoms with Crippen LogP contribution in [0.25, 0.3) is 11.3 Å². The van der Waals surface area contributed by atoms with E-state index < -0.39 is 46.3 Å². The smallest absolute Gasteiger partial charge is 0.347 e. The lowest BCUT2D eigenvalue weighted by Crippen LogP contribution is -2.21. The first-order valence-corrected chi connectivity index (χ1v) is 8.84. The number of carbonyl (C=O) groups is 2. The molecule has 158 valence electrons. The summed E-state index contributed by atoms with van der Waals surface area (Å²) in [6.07, 6.45) is -2.65. The molecule has 2 aromatic carbocycles. The first-order chi connectivity index (χ1) is 14.8. The van der Waals surface area contributed by atoms with E-state index >= 15 is 0 Å². The first kappa shape index (κ1) is 21.2. The minimum Gasteiger partial charge on any atom is -0.507 e. The third-order valence-electron chi connectivity index (χ3n) is 4.22. The van der Waals surface area contributed by atoms with Crippen LogP contribution in [0.3, 0.4) is 0 Å². The minimum absolute atomic E-state index is 0.0250. The zero-order valence-corrected chi connectivity index (χ0v) is 15.8. The molecule has 2 N–H and O–H groups in total. The van der Waals surface area contributed by atoms with Crippen molar-refractivity contribution in [3.05, 3.63) is 92.3 Å². The first-order valence-electron chi connectivity index (χ1n) is 8.84. The molecular weight excluding hydrogens is 410 g/mol. The van der Waals surface area contributed by atoms with Gasteiger partial charge < -0.3 is 19.4 Å². The summed E-state index contributed by atoms with van der Waals surface area (Å²) in [5.41, 5.74) is -1.45. The number of benzene rings is 2. The molecule has 0 saturated heterocycles. The average molecular weight is 425 g/mol. The molecule has 1 unspecified atom stereocenters. The number of rotatable bonds is 7. The second-order valence-electron chi connectivity index (χ2n) is 6.36. The van der Waals surface area contributed by atoms with Crippen LogP contribution in [-0.4, -0.2) is 27.1 Å². The Hall–Kier alpha value is -4.47. The number of carboxylic acid groups (broad SMARTS) is 1. The summed E-state index contributed by atoms with van der Waals surface area (Å²) in [4.78, 5) is 45.9. The van der Waals surface area contributed by atoms with Crippen LogP contribution in [0.2, 0.25) is 0 Å². The van der Waals surface area contributed by atoms with Crippen LogP contribution in [-0.2, 0) is 14.3 Å². The lowest BCUT2D eigenvalue weighted by molar-refractivity contribution is -0.385. The number of hydrogen-bond donors (Lipinski definition) is 2. The van der Waals surface area contributed by atoms with Crippen molar-refractivity contribution in [2.75, 3.05) is 0 Å². The molecule has 0 amide bonds. The van der Waals surface area contributed by atoms with Gasteiger partial charge in [-0.1, -0.05) is 42.5 Å². The monoisotopic (exact) mass is 425 g/mol. The zero-order chi connectivity index (χ0) is 22.5. The number of nitro benzene ring substituents is 1. The van der Waals surface area contributed by atoms with Gasteiger partial charge >= 0.3 is 17.6 Å². The Morgan fingerprint density at radius 3 is 2.42 bits per heavy atom. The third kappa shape index (κ3) is 4.93. The van der Waals surface area contributed by atoms with Crippen LogP contribution in [0.4, 0.5) is 5.69 Å². The van der Waals surface area contributed by atoms with Crippen LogP contribution in [0.15, 0.2) is 69.9 Å². The fourth-order valence-corrected chi connectivity index (χ4v) is 2.87. The standard InChI is InChI=1S/C21H15NO9/c23-15-10-16(12-5-2-1-3-6-12)30-21(27)19(15)20(31-18(26)11-17(24)25)13-7-4-8-14(9-13)22(28)29/h1-10,20,23H,11H2,(H,24,25). The topological polar surface area (TPSA) is 157 Å². The molecule has 0 spiro atoms. The minimum atomic E-state index is -1.63. The highest BCUT2D eigenvalue weighted by molar-refractivity contribution is 5.90. The van der Waals surface area contributed by atoms with Crippen LogP contribution in [0.5, 0.6) is 5.75 Å². The normalized spacial score (nSPS) is 11.5. The molecule has 1 atom stereocenters. The zero-order valence-electron chi connectivity index (χ0n) is 15.8.